The normalized spacial score (nSPS) is 14.8. The van der Waals surface area contributed by atoms with Crippen molar-refractivity contribution in [3.05, 3.63) is 64.9 Å². The maximum Gasteiger partial charge on any atom is 0.360 e. The summed E-state index contributed by atoms with van der Waals surface area (Å²) in [6.07, 6.45) is 5.01. The van der Waals surface area contributed by atoms with Crippen LogP contribution in [0.15, 0.2) is 36.5 Å². The summed E-state index contributed by atoms with van der Waals surface area (Å²) in [4.78, 5) is 20.6. The summed E-state index contributed by atoms with van der Waals surface area (Å²) in [5, 5.41) is 21.6. The zero-order valence-corrected chi connectivity index (χ0v) is 17.0. The van der Waals surface area contributed by atoms with Crippen LogP contribution in [0.1, 0.15) is 53.0 Å². The summed E-state index contributed by atoms with van der Waals surface area (Å²) < 4.78 is 17.9. The Labute approximate surface area is 178 Å². The van der Waals surface area contributed by atoms with Gasteiger partial charge in [0.1, 0.15) is 22.6 Å². The number of halogens is 1. The van der Waals surface area contributed by atoms with Crippen molar-refractivity contribution in [1.29, 1.82) is 0 Å². The zero-order valence-electron chi connectivity index (χ0n) is 17.0. The Kier molecular flexibility index (Phi) is 5.57. The largest absolute Gasteiger partial charge is 0.504 e. The Bertz CT molecular complexity index is 1210. The minimum atomic E-state index is -1.09. The molecule has 1 aromatic carbocycles. The highest BCUT2D eigenvalue weighted by molar-refractivity contribution is 5.99. The predicted octanol–water partition coefficient (Wildman–Crippen LogP) is 3.51. The SMILES string of the molecule is COC(=O)c1nc(C#CC2(O)CCCC2)c2cc(Cc3ccc(F)cc3)cnc2c1O. The molecule has 2 aromatic heterocycles. The highest BCUT2D eigenvalue weighted by Gasteiger charge is 2.29. The van der Waals surface area contributed by atoms with Crippen LogP contribution in [0.4, 0.5) is 4.39 Å². The average Bonchev–Trinajstić information content (AvgIpc) is 3.21. The van der Waals surface area contributed by atoms with Crippen molar-refractivity contribution in [3.8, 4) is 17.6 Å². The van der Waals surface area contributed by atoms with Gasteiger partial charge in [0.2, 0.25) is 0 Å². The number of ether oxygens (including phenoxy) is 1. The van der Waals surface area contributed by atoms with Gasteiger partial charge in [-0.1, -0.05) is 18.1 Å². The van der Waals surface area contributed by atoms with E-state index in [4.69, 9.17) is 4.74 Å². The fourth-order valence-electron chi connectivity index (χ4n) is 3.74. The number of nitrogens with zero attached hydrogens (tertiary/aromatic N) is 2. The number of esters is 1. The molecular formula is C24H21FN2O4. The molecule has 1 aliphatic rings. The van der Waals surface area contributed by atoms with Crippen LogP contribution in [-0.4, -0.2) is 38.9 Å². The highest BCUT2D eigenvalue weighted by Crippen LogP contribution is 2.31. The summed E-state index contributed by atoms with van der Waals surface area (Å²) >= 11 is 0. The van der Waals surface area contributed by atoms with Gasteiger partial charge in [0.05, 0.1) is 7.11 Å². The third-order valence-electron chi connectivity index (χ3n) is 5.42. The smallest absolute Gasteiger partial charge is 0.360 e. The van der Waals surface area contributed by atoms with E-state index in [1.54, 1.807) is 24.4 Å². The number of aliphatic hydroxyl groups is 1. The molecule has 1 saturated carbocycles. The number of aromatic hydroxyl groups is 1. The Hall–Kier alpha value is -3.50. The first-order valence-corrected chi connectivity index (χ1v) is 9.98. The molecule has 2 heterocycles. The Morgan fingerprint density at radius 2 is 1.94 bits per heavy atom. The molecular weight excluding hydrogens is 399 g/mol. The second-order valence-electron chi connectivity index (χ2n) is 7.68. The van der Waals surface area contributed by atoms with Crippen molar-refractivity contribution < 1.29 is 24.1 Å². The number of hydrogen-bond acceptors (Lipinski definition) is 6. The van der Waals surface area contributed by atoms with Crippen LogP contribution < -0.4 is 0 Å². The Balaban J connectivity index is 1.83. The van der Waals surface area contributed by atoms with Gasteiger partial charge in [-0.15, -0.1) is 0 Å². The molecule has 158 valence electrons. The van der Waals surface area contributed by atoms with E-state index >= 15 is 0 Å². The van der Waals surface area contributed by atoms with Crippen molar-refractivity contribution in [2.45, 2.75) is 37.7 Å². The molecule has 1 fully saturated rings. The van der Waals surface area contributed by atoms with Gasteiger partial charge in [0.25, 0.3) is 0 Å². The minimum Gasteiger partial charge on any atom is -0.504 e. The van der Waals surface area contributed by atoms with Crippen LogP contribution in [0, 0.1) is 17.7 Å². The quantitative estimate of drug-likeness (QED) is 0.498. The molecule has 6 nitrogen and oxygen atoms in total. The van der Waals surface area contributed by atoms with E-state index in [2.05, 4.69) is 21.8 Å². The fraction of sp³-hybridized carbons (Fsp3) is 0.292. The zero-order chi connectivity index (χ0) is 22.0. The van der Waals surface area contributed by atoms with Gasteiger partial charge < -0.3 is 14.9 Å². The molecule has 7 heteroatoms. The molecule has 0 bridgehead atoms. The number of fused-ring (bicyclic) bond motifs is 1. The summed E-state index contributed by atoms with van der Waals surface area (Å²) in [7, 11) is 1.19. The van der Waals surface area contributed by atoms with E-state index in [0.29, 0.717) is 24.6 Å². The van der Waals surface area contributed by atoms with Crippen molar-refractivity contribution in [3.63, 3.8) is 0 Å². The lowest BCUT2D eigenvalue weighted by Crippen LogP contribution is -2.20. The summed E-state index contributed by atoms with van der Waals surface area (Å²) in [5.41, 5.74) is 0.711. The first kappa shape index (κ1) is 20.8. The van der Waals surface area contributed by atoms with E-state index in [1.165, 1.54) is 19.2 Å². The number of methoxy groups -OCH3 is 1. The lowest BCUT2D eigenvalue weighted by molar-refractivity contribution is 0.0590. The summed E-state index contributed by atoms with van der Waals surface area (Å²) in [6.45, 7) is 0. The van der Waals surface area contributed by atoms with Crippen LogP contribution in [-0.2, 0) is 11.2 Å². The van der Waals surface area contributed by atoms with E-state index in [0.717, 1.165) is 24.0 Å². The van der Waals surface area contributed by atoms with Gasteiger partial charge in [-0.25, -0.2) is 14.2 Å². The number of carbonyl (C=O) groups is 1. The van der Waals surface area contributed by atoms with Crippen molar-refractivity contribution in [2.24, 2.45) is 0 Å². The fourth-order valence-corrected chi connectivity index (χ4v) is 3.74. The number of carbonyl (C=O) groups excluding carboxylic acids is 1. The molecule has 0 radical (unpaired) electrons. The average molecular weight is 420 g/mol. The number of rotatable bonds is 3. The van der Waals surface area contributed by atoms with Crippen LogP contribution >= 0.6 is 0 Å². The number of pyridine rings is 2. The van der Waals surface area contributed by atoms with Crippen LogP contribution in [0.5, 0.6) is 5.75 Å². The van der Waals surface area contributed by atoms with Gasteiger partial charge in [0.15, 0.2) is 11.4 Å². The molecule has 2 N–H and O–H groups in total. The Morgan fingerprint density at radius 1 is 1.23 bits per heavy atom. The van der Waals surface area contributed by atoms with Gasteiger partial charge in [-0.05, 0) is 67.4 Å². The molecule has 0 unspecified atom stereocenters. The molecule has 0 saturated heterocycles. The maximum absolute atomic E-state index is 13.2. The second-order valence-corrected chi connectivity index (χ2v) is 7.68. The molecule has 0 aliphatic heterocycles. The van der Waals surface area contributed by atoms with Gasteiger partial charge in [-0.3, -0.25) is 4.98 Å². The lowest BCUT2D eigenvalue weighted by atomic mass is 10.0. The van der Waals surface area contributed by atoms with Gasteiger partial charge in [-0.2, -0.15) is 0 Å². The molecule has 3 aromatic rings. The van der Waals surface area contributed by atoms with E-state index in [-0.39, 0.29) is 28.5 Å². The summed E-state index contributed by atoms with van der Waals surface area (Å²) in [6, 6.07) is 7.93. The molecule has 0 atom stereocenters. The van der Waals surface area contributed by atoms with Crippen molar-refractivity contribution in [1.82, 2.24) is 9.97 Å². The van der Waals surface area contributed by atoms with E-state index in [1.807, 2.05) is 0 Å². The highest BCUT2D eigenvalue weighted by atomic mass is 19.1. The molecule has 4 rings (SSSR count). The number of hydrogen-bond donors (Lipinski definition) is 2. The van der Waals surface area contributed by atoms with Crippen molar-refractivity contribution >= 4 is 16.9 Å². The van der Waals surface area contributed by atoms with Gasteiger partial charge in [0, 0.05) is 11.6 Å². The van der Waals surface area contributed by atoms with Crippen LogP contribution in [0.2, 0.25) is 0 Å². The van der Waals surface area contributed by atoms with Crippen LogP contribution in [0.25, 0.3) is 10.9 Å². The molecule has 1 aliphatic carbocycles. The second kappa shape index (κ2) is 8.32. The van der Waals surface area contributed by atoms with E-state index < -0.39 is 11.6 Å². The topological polar surface area (TPSA) is 92.5 Å². The predicted molar refractivity (Wildman–Crippen MR) is 112 cm³/mol. The first-order valence-electron chi connectivity index (χ1n) is 9.98. The third-order valence-corrected chi connectivity index (χ3v) is 5.42. The Morgan fingerprint density at radius 3 is 2.61 bits per heavy atom. The molecule has 0 amide bonds. The van der Waals surface area contributed by atoms with E-state index in [9.17, 15) is 19.4 Å². The third kappa shape index (κ3) is 4.35. The number of benzene rings is 1. The maximum atomic E-state index is 13.2. The standard InChI is InChI=1S/C24H21FN2O4/c1-31-23(29)21-22(28)20-18(19(27-21)8-11-24(30)9-2-3-10-24)13-16(14-26-20)12-15-4-6-17(25)7-5-15/h4-7,13-14,28,30H,2-3,9-10,12H2,1H3. The van der Waals surface area contributed by atoms with Crippen molar-refractivity contribution in [2.75, 3.05) is 7.11 Å². The molecule has 0 spiro atoms. The molecule has 31 heavy (non-hydrogen) atoms. The first-order chi connectivity index (χ1) is 14.9. The number of aromatic nitrogens is 2. The van der Waals surface area contributed by atoms with Gasteiger partial charge >= 0.3 is 5.97 Å². The monoisotopic (exact) mass is 420 g/mol. The lowest BCUT2D eigenvalue weighted by Gasteiger charge is -2.13. The van der Waals surface area contributed by atoms with Crippen LogP contribution in [0.3, 0.4) is 0 Å². The summed E-state index contributed by atoms with van der Waals surface area (Å²) in [5.74, 6) is 4.27. The minimum absolute atomic E-state index is 0.168.